The molecule has 1 aromatic carbocycles. The van der Waals surface area contributed by atoms with Crippen molar-refractivity contribution in [2.45, 2.75) is 19.3 Å². The van der Waals surface area contributed by atoms with Gasteiger partial charge in [0.25, 0.3) is 5.69 Å². The summed E-state index contributed by atoms with van der Waals surface area (Å²) in [6.45, 7) is 2.31. The van der Waals surface area contributed by atoms with Crippen LogP contribution in [0.25, 0.3) is 11.3 Å². The second-order valence-electron chi connectivity index (χ2n) is 5.73. The number of hydrogen-bond donors (Lipinski definition) is 1. The molecule has 1 fully saturated rings. The van der Waals surface area contributed by atoms with Crippen LogP contribution in [0.5, 0.6) is 0 Å². The lowest BCUT2D eigenvalue weighted by Crippen LogP contribution is -2.36. The van der Waals surface area contributed by atoms with Crippen molar-refractivity contribution >= 4 is 28.1 Å². The predicted molar refractivity (Wildman–Crippen MR) is 93.1 cm³/mol. The topological polar surface area (TPSA) is 88.4 Å². The SMILES string of the molecule is O=C(CN1CCCCC1)Nc1nc(-c2cccc([N+](=O)[O-])c2)cs1. The Labute approximate surface area is 143 Å². The van der Waals surface area contributed by atoms with Gasteiger partial charge in [-0.05, 0) is 25.9 Å². The van der Waals surface area contributed by atoms with E-state index in [0.717, 1.165) is 25.9 Å². The first-order chi connectivity index (χ1) is 11.6. The summed E-state index contributed by atoms with van der Waals surface area (Å²) in [5.41, 5.74) is 1.31. The first-order valence-corrected chi connectivity index (χ1v) is 8.72. The van der Waals surface area contributed by atoms with Crippen LogP contribution in [-0.4, -0.2) is 40.3 Å². The number of non-ortho nitro benzene ring substituents is 1. The molecule has 1 aromatic heterocycles. The number of nitro groups is 1. The van der Waals surface area contributed by atoms with Crippen LogP contribution in [0, 0.1) is 10.1 Å². The van der Waals surface area contributed by atoms with Crippen molar-refractivity contribution in [3.05, 3.63) is 39.8 Å². The number of nitro benzene ring substituents is 1. The van der Waals surface area contributed by atoms with E-state index in [0.29, 0.717) is 22.9 Å². The molecule has 3 rings (SSSR count). The highest BCUT2D eigenvalue weighted by Gasteiger charge is 2.15. The normalized spacial score (nSPS) is 15.2. The molecule has 1 saturated heterocycles. The van der Waals surface area contributed by atoms with Crippen molar-refractivity contribution in [1.29, 1.82) is 0 Å². The molecule has 0 saturated carbocycles. The van der Waals surface area contributed by atoms with Gasteiger partial charge in [-0.2, -0.15) is 0 Å². The second kappa shape index (κ2) is 7.50. The molecule has 8 heteroatoms. The minimum absolute atomic E-state index is 0.0242. The third-order valence-electron chi connectivity index (χ3n) is 3.92. The lowest BCUT2D eigenvalue weighted by molar-refractivity contribution is -0.384. The minimum Gasteiger partial charge on any atom is -0.301 e. The number of hydrogen-bond acceptors (Lipinski definition) is 6. The molecule has 0 atom stereocenters. The van der Waals surface area contributed by atoms with Crippen LogP contribution in [0.1, 0.15) is 19.3 Å². The summed E-state index contributed by atoms with van der Waals surface area (Å²) in [6.07, 6.45) is 3.51. The van der Waals surface area contributed by atoms with Gasteiger partial charge in [-0.1, -0.05) is 18.6 Å². The van der Waals surface area contributed by atoms with E-state index in [9.17, 15) is 14.9 Å². The summed E-state index contributed by atoms with van der Waals surface area (Å²) < 4.78 is 0. The molecule has 7 nitrogen and oxygen atoms in total. The number of anilines is 1. The number of piperidine rings is 1. The van der Waals surface area contributed by atoms with Crippen molar-refractivity contribution < 1.29 is 9.72 Å². The van der Waals surface area contributed by atoms with Gasteiger partial charge in [-0.3, -0.25) is 19.8 Å². The molecule has 2 aromatic rings. The zero-order valence-corrected chi connectivity index (χ0v) is 13.9. The van der Waals surface area contributed by atoms with Crippen molar-refractivity contribution in [3.63, 3.8) is 0 Å². The van der Waals surface area contributed by atoms with Gasteiger partial charge in [0.05, 0.1) is 17.2 Å². The number of nitrogens with zero attached hydrogens (tertiary/aromatic N) is 3. The largest absolute Gasteiger partial charge is 0.301 e. The molecular formula is C16H18N4O3S. The van der Waals surface area contributed by atoms with Crippen LogP contribution >= 0.6 is 11.3 Å². The zero-order valence-electron chi connectivity index (χ0n) is 13.1. The maximum absolute atomic E-state index is 12.1. The Balaban J connectivity index is 1.63. The standard InChI is InChI=1S/C16H18N4O3S/c21-15(10-19-7-2-1-3-8-19)18-16-17-14(11-24-16)12-5-4-6-13(9-12)20(22)23/h4-6,9,11H,1-3,7-8,10H2,(H,17,18,21). The predicted octanol–water partition coefficient (Wildman–Crippen LogP) is 3.14. The maximum atomic E-state index is 12.1. The third-order valence-corrected chi connectivity index (χ3v) is 4.68. The molecule has 0 aliphatic carbocycles. The number of amides is 1. The highest BCUT2D eigenvalue weighted by Crippen LogP contribution is 2.27. The van der Waals surface area contributed by atoms with Gasteiger partial charge >= 0.3 is 0 Å². The number of nitrogens with one attached hydrogen (secondary N) is 1. The highest BCUT2D eigenvalue weighted by molar-refractivity contribution is 7.14. The minimum atomic E-state index is -0.433. The smallest absolute Gasteiger partial charge is 0.270 e. The number of carbonyl (C=O) groups excluding carboxylic acids is 1. The molecule has 0 radical (unpaired) electrons. The lowest BCUT2D eigenvalue weighted by atomic mass is 10.1. The lowest BCUT2D eigenvalue weighted by Gasteiger charge is -2.25. The number of benzene rings is 1. The van der Waals surface area contributed by atoms with Crippen LogP contribution < -0.4 is 5.32 Å². The number of thiazole rings is 1. The van der Waals surface area contributed by atoms with Crippen LogP contribution in [0.15, 0.2) is 29.6 Å². The summed E-state index contributed by atoms with van der Waals surface area (Å²) in [5, 5.41) is 16.0. The molecular weight excluding hydrogens is 328 g/mol. The van der Waals surface area contributed by atoms with Crippen LogP contribution in [0.3, 0.4) is 0 Å². The molecule has 1 aliphatic heterocycles. The molecule has 0 unspecified atom stereocenters. The van der Waals surface area contributed by atoms with Gasteiger partial charge in [-0.15, -0.1) is 11.3 Å². The van der Waals surface area contributed by atoms with Gasteiger partial charge in [0, 0.05) is 23.1 Å². The Bertz CT molecular complexity index is 740. The molecule has 0 spiro atoms. The molecule has 1 aliphatic rings. The van der Waals surface area contributed by atoms with Crippen LogP contribution in [-0.2, 0) is 4.79 Å². The fourth-order valence-corrected chi connectivity index (χ4v) is 3.46. The average Bonchev–Trinajstić information content (AvgIpc) is 3.04. The van der Waals surface area contributed by atoms with Crippen molar-refractivity contribution in [2.24, 2.45) is 0 Å². The Hall–Kier alpha value is -2.32. The van der Waals surface area contributed by atoms with E-state index in [1.165, 1.54) is 29.9 Å². The van der Waals surface area contributed by atoms with Crippen molar-refractivity contribution in [2.75, 3.05) is 25.0 Å². The Morgan fingerprint density at radius 1 is 1.33 bits per heavy atom. The first-order valence-electron chi connectivity index (χ1n) is 7.84. The molecule has 24 heavy (non-hydrogen) atoms. The fraction of sp³-hybridized carbons (Fsp3) is 0.375. The van der Waals surface area contributed by atoms with Crippen molar-refractivity contribution in [1.82, 2.24) is 9.88 Å². The summed E-state index contributed by atoms with van der Waals surface area (Å²) in [5.74, 6) is -0.0724. The second-order valence-corrected chi connectivity index (χ2v) is 6.59. The van der Waals surface area contributed by atoms with Gasteiger partial charge in [0.1, 0.15) is 0 Å². The summed E-state index contributed by atoms with van der Waals surface area (Å²) in [4.78, 5) is 29.0. The van der Waals surface area contributed by atoms with E-state index >= 15 is 0 Å². The summed E-state index contributed by atoms with van der Waals surface area (Å²) in [6, 6.07) is 6.31. The number of rotatable bonds is 5. The van der Waals surface area contributed by atoms with Gasteiger partial charge < -0.3 is 5.32 Å². The van der Waals surface area contributed by atoms with Gasteiger partial charge in [0.2, 0.25) is 5.91 Å². The molecule has 0 bridgehead atoms. The number of carbonyl (C=O) groups is 1. The zero-order chi connectivity index (χ0) is 16.9. The van der Waals surface area contributed by atoms with E-state index in [4.69, 9.17) is 0 Å². The number of aromatic nitrogens is 1. The first kappa shape index (κ1) is 16.5. The summed E-state index contributed by atoms with van der Waals surface area (Å²) in [7, 11) is 0. The molecule has 1 amide bonds. The van der Waals surface area contributed by atoms with E-state index in [1.54, 1.807) is 17.5 Å². The van der Waals surface area contributed by atoms with Crippen molar-refractivity contribution in [3.8, 4) is 11.3 Å². The van der Waals surface area contributed by atoms with Crippen LogP contribution in [0.2, 0.25) is 0 Å². The number of likely N-dealkylation sites (tertiary alicyclic amines) is 1. The van der Waals surface area contributed by atoms with E-state index in [-0.39, 0.29) is 11.6 Å². The Kier molecular flexibility index (Phi) is 5.17. The van der Waals surface area contributed by atoms with Gasteiger partial charge in [-0.25, -0.2) is 4.98 Å². The highest BCUT2D eigenvalue weighted by atomic mass is 32.1. The molecule has 1 N–H and O–H groups in total. The summed E-state index contributed by atoms with van der Waals surface area (Å²) >= 11 is 1.32. The average molecular weight is 346 g/mol. The van der Waals surface area contributed by atoms with Crippen LogP contribution in [0.4, 0.5) is 10.8 Å². The van der Waals surface area contributed by atoms with E-state index in [1.807, 2.05) is 0 Å². The Morgan fingerprint density at radius 2 is 2.12 bits per heavy atom. The molecule has 2 heterocycles. The maximum Gasteiger partial charge on any atom is 0.270 e. The quantitative estimate of drug-likeness (QED) is 0.664. The third kappa shape index (κ3) is 4.15. The Morgan fingerprint density at radius 3 is 2.88 bits per heavy atom. The van der Waals surface area contributed by atoms with E-state index in [2.05, 4.69) is 15.2 Å². The molecule has 126 valence electrons. The van der Waals surface area contributed by atoms with E-state index < -0.39 is 4.92 Å². The monoisotopic (exact) mass is 346 g/mol. The van der Waals surface area contributed by atoms with Gasteiger partial charge in [0.15, 0.2) is 5.13 Å². The fourth-order valence-electron chi connectivity index (χ4n) is 2.72.